The first-order valence-corrected chi connectivity index (χ1v) is 4.59. The van der Waals surface area contributed by atoms with E-state index in [1.165, 1.54) is 11.1 Å². The van der Waals surface area contributed by atoms with E-state index < -0.39 is 0 Å². The molecule has 0 fully saturated rings. The van der Waals surface area contributed by atoms with Crippen molar-refractivity contribution in [2.24, 2.45) is 0 Å². The summed E-state index contributed by atoms with van der Waals surface area (Å²) in [6.45, 7) is 0. The van der Waals surface area contributed by atoms with Crippen LogP contribution in [0.5, 0.6) is 0 Å². The van der Waals surface area contributed by atoms with E-state index in [0.717, 1.165) is 4.90 Å². The summed E-state index contributed by atoms with van der Waals surface area (Å²) in [7, 11) is 0. The molecule has 0 aliphatic heterocycles. The molecule has 2 aromatic carbocycles. The van der Waals surface area contributed by atoms with Gasteiger partial charge in [0.05, 0.1) is 0 Å². The number of rotatable bonds is 1. The van der Waals surface area contributed by atoms with Gasteiger partial charge in [-0.2, -0.15) is 4.90 Å². The molecule has 13 heavy (non-hydrogen) atoms. The Morgan fingerprint density at radius 1 is 0.615 bits per heavy atom. The molecular formula is C12H9S-. The van der Waals surface area contributed by atoms with Gasteiger partial charge >= 0.3 is 0 Å². The fraction of sp³-hybridized carbons (Fsp3) is 0. The summed E-state index contributed by atoms with van der Waals surface area (Å²) in [5, 5.41) is 0. The number of hydrogen-bond donors (Lipinski definition) is 0. The van der Waals surface area contributed by atoms with Gasteiger partial charge in [0.1, 0.15) is 0 Å². The minimum atomic E-state index is 0.889. The Morgan fingerprint density at radius 3 is 1.77 bits per heavy atom. The smallest absolute Gasteiger partial charge is 0.0184 e. The maximum atomic E-state index is 5.02. The summed E-state index contributed by atoms with van der Waals surface area (Å²) in [5.41, 5.74) is 2.45. The molecular weight excluding hydrogens is 176 g/mol. The maximum Gasteiger partial charge on any atom is -0.0184 e. The third-order valence-electron chi connectivity index (χ3n) is 1.96. The molecule has 0 saturated heterocycles. The highest BCUT2D eigenvalue weighted by Gasteiger charge is 1.92. The molecule has 0 saturated carbocycles. The maximum absolute atomic E-state index is 5.02. The molecule has 2 aromatic rings. The molecule has 0 nitrogen and oxygen atoms in total. The van der Waals surface area contributed by atoms with Gasteiger partial charge in [-0.05, 0) is 11.1 Å². The predicted octanol–water partition coefficient (Wildman–Crippen LogP) is 3.26. The third kappa shape index (κ3) is 1.87. The summed E-state index contributed by atoms with van der Waals surface area (Å²) in [6.07, 6.45) is 0. The van der Waals surface area contributed by atoms with Crippen LogP contribution in [0.1, 0.15) is 0 Å². The standard InChI is InChI=1S/C12H10S/c13-12-8-6-11(7-9-12)10-4-2-1-3-5-10/h1-9,13H/p-1. The Balaban J connectivity index is 2.42. The van der Waals surface area contributed by atoms with Gasteiger partial charge in [-0.25, -0.2) is 0 Å². The van der Waals surface area contributed by atoms with Crippen molar-refractivity contribution < 1.29 is 0 Å². The average molecular weight is 185 g/mol. The van der Waals surface area contributed by atoms with Crippen LogP contribution in [0.4, 0.5) is 0 Å². The van der Waals surface area contributed by atoms with Crippen LogP contribution >= 0.6 is 0 Å². The fourth-order valence-electron chi connectivity index (χ4n) is 1.28. The molecule has 0 atom stereocenters. The average Bonchev–Trinajstić information content (AvgIpc) is 2.20. The van der Waals surface area contributed by atoms with Crippen molar-refractivity contribution in [3.8, 4) is 11.1 Å². The molecule has 0 aliphatic rings. The minimum absolute atomic E-state index is 0.889. The van der Waals surface area contributed by atoms with Crippen molar-refractivity contribution in [2.75, 3.05) is 0 Å². The molecule has 64 valence electrons. The van der Waals surface area contributed by atoms with Crippen LogP contribution < -0.4 is 0 Å². The third-order valence-corrected chi connectivity index (χ3v) is 2.23. The van der Waals surface area contributed by atoms with E-state index in [1.807, 2.05) is 30.3 Å². The van der Waals surface area contributed by atoms with Gasteiger partial charge in [0.15, 0.2) is 0 Å². The summed E-state index contributed by atoms with van der Waals surface area (Å²) < 4.78 is 0. The summed E-state index contributed by atoms with van der Waals surface area (Å²) in [5.74, 6) is 0. The lowest BCUT2D eigenvalue weighted by Crippen LogP contribution is -1.76. The Kier molecular flexibility index (Phi) is 2.28. The van der Waals surface area contributed by atoms with Gasteiger partial charge in [0.25, 0.3) is 0 Å². The van der Waals surface area contributed by atoms with E-state index in [2.05, 4.69) is 24.3 Å². The predicted molar refractivity (Wildman–Crippen MR) is 57.5 cm³/mol. The number of benzene rings is 2. The molecule has 0 aliphatic carbocycles. The first-order chi connectivity index (χ1) is 6.36. The van der Waals surface area contributed by atoms with Crippen molar-refractivity contribution in [2.45, 2.75) is 4.90 Å². The van der Waals surface area contributed by atoms with Gasteiger partial charge in [-0.3, -0.25) is 0 Å². The van der Waals surface area contributed by atoms with Gasteiger partial charge in [-0.1, -0.05) is 54.6 Å². The number of hydrogen-bond acceptors (Lipinski definition) is 1. The van der Waals surface area contributed by atoms with Crippen molar-refractivity contribution in [3.05, 3.63) is 54.6 Å². The van der Waals surface area contributed by atoms with Crippen molar-refractivity contribution in [3.63, 3.8) is 0 Å². The zero-order chi connectivity index (χ0) is 9.10. The first kappa shape index (κ1) is 8.27. The van der Waals surface area contributed by atoms with Crippen molar-refractivity contribution in [1.82, 2.24) is 0 Å². The van der Waals surface area contributed by atoms with Crippen LogP contribution in [0.2, 0.25) is 0 Å². The molecule has 0 amide bonds. The second-order valence-electron chi connectivity index (χ2n) is 2.89. The van der Waals surface area contributed by atoms with E-state index in [9.17, 15) is 0 Å². The quantitative estimate of drug-likeness (QED) is 0.614. The summed E-state index contributed by atoms with van der Waals surface area (Å²) in [4.78, 5) is 0.889. The lowest BCUT2D eigenvalue weighted by molar-refractivity contribution is 1.47. The molecule has 1 heteroatoms. The van der Waals surface area contributed by atoms with E-state index in [-0.39, 0.29) is 0 Å². The highest BCUT2D eigenvalue weighted by Crippen LogP contribution is 2.18. The highest BCUT2D eigenvalue weighted by molar-refractivity contribution is 7.58. The van der Waals surface area contributed by atoms with Crippen LogP contribution in [0.3, 0.4) is 0 Å². The van der Waals surface area contributed by atoms with E-state index in [0.29, 0.717) is 0 Å². The molecule has 0 aromatic heterocycles. The van der Waals surface area contributed by atoms with E-state index in [4.69, 9.17) is 12.6 Å². The monoisotopic (exact) mass is 185 g/mol. The van der Waals surface area contributed by atoms with Crippen LogP contribution in [-0.4, -0.2) is 0 Å². The summed E-state index contributed by atoms with van der Waals surface area (Å²) in [6, 6.07) is 18.3. The molecule has 0 radical (unpaired) electrons. The first-order valence-electron chi connectivity index (χ1n) is 4.19. The molecule has 0 heterocycles. The molecule has 0 spiro atoms. The van der Waals surface area contributed by atoms with E-state index >= 15 is 0 Å². The largest absolute Gasteiger partial charge is 0.780 e. The van der Waals surface area contributed by atoms with E-state index in [1.54, 1.807) is 0 Å². The van der Waals surface area contributed by atoms with Crippen molar-refractivity contribution >= 4 is 12.6 Å². The minimum Gasteiger partial charge on any atom is -0.780 e. The fourth-order valence-corrected chi connectivity index (χ4v) is 1.41. The second kappa shape index (κ2) is 3.58. The molecule has 0 N–H and O–H groups in total. The Labute approximate surface area is 83.6 Å². The normalized spacial score (nSPS) is 9.85. The highest BCUT2D eigenvalue weighted by atomic mass is 32.1. The molecule has 2 rings (SSSR count). The van der Waals surface area contributed by atoms with Crippen LogP contribution in [0.25, 0.3) is 11.1 Å². The van der Waals surface area contributed by atoms with Crippen molar-refractivity contribution in [1.29, 1.82) is 0 Å². The topological polar surface area (TPSA) is 0 Å². The van der Waals surface area contributed by atoms with Gasteiger partial charge in [0.2, 0.25) is 0 Å². The van der Waals surface area contributed by atoms with Crippen LogP contribution in [0, 0.1) is 0 Å². The zero-order valence-electron chi connectivity index (χ0n) is 7.10. The van der Waals surface area contributed by atoms with Gasteiger partial charge in [-0.15, -0.1) is 0 Å². The van der Waals surface area contributed by atoms with Gasteiger partial charge < -0.3 is 12.6 Å². The summed E-state index contributed by atoms with van der Waals surface area (Å²) >= 11 is 5.02. The second-order valence-corrected chi connectivity index (χ2v) is 3.36. The zero-order valence-corrected chi connectivity index (χ0v) is 7.92. The lowest BCUT2D eigenvalue weighted by atomic mass is 10.1. The lowest BCUT2D eigenvalue weighted by Gasteiger charge is -2.06. The van der Waals surface area contributed by atoms with Gasteiger partial charge in [0, 0.05) is 0 Å². The molecule has 0 bridgehead atoms. The molecule has 0 unspecified atom stereocenters. The Hall–Kier alpha value is -1.34. The SMILES string of the molecule is [S-]c1ccc(-c2ccccc2)cc1. The van der Waals surface area contributed by atoms with Crippen LogP contribution in [-0.2, 0) is 12.6 Å². The Bertz CT molecular complexity index is 376. The van der Waals surface area contributed by atoms with Crippen LogP contribution in [0.15, 0.2) is 59.5 Å². The Morgan fingerprint density at radius 2 is 1.15 bits per heavy atom.